The fourth-order valence-electron chi connectivity index (χ4n) is 2.50. The first-order chi connectivity index (χ1) is 9.29. The largest absolute Gasteiger partial charge is 0.332 e. The normalized spacial score (nSPS) is 21.9. The number of amides is 1. The van der Waals surface area contributed by atoms with E-state index in [4.69, 9.17) is 0 Å². The Balaban J connectivity index is 2.16. The van der Waals surface area contributed by atoms with E-state index in [1.165, 1.54) is 0 Å². The molecule has 2 heterocycles. The van der Waals surface area contributed by atoms with Crippen molar-refractivity contribution in [2.24, 2.45) is 0 Å². The van der Waals surface area contributed by atoms with Crippen molar-refractivity contribution in [3.8, 4) is 0 Å². The predicted molar refractivity (Wildman–Crippen MR) is 77.7 cm³/mol. The van der Waals surface area contributed by atoms with Gasteiger partial charge in [0.25, 0.3) is 5.91 Å². The zero-order valence-electron chi connectivity index (χ0n) is 13.1. The standard InChI is InChI=1S/C14H25N5O/c1-10-9-18(5)7-6-8-19(10)12(20)11-15-13(17-16-11)14(2,3)4/h10H,6-9H2,1-5H3,(H,15,16,17). The molecule has 1 aliphatic heterocycles. The Morgan fingerprint density at radius 1 is 1.35 bits per heavy atom. The van der Waals surface area contributed by atoms with E-state index in [9.17, 15) is 4.79 Å². The van der Waals surface area contributed by atoms with Crippen molar-refractivity contribution in [3.63, 3.8) is 0 Å². The van der Waals surface area contributed by atoms with Gasteiger partial charge in [0, 0.05) is 24.5 Å². The Bertz CT molecular complexity index is 476. The molecule has 1 fully saturated rings. The Morgan fingerprint density at radius 3 is 2.65 bits per heavy atom. The number of carbonyl (C=O) groups is 1. The Kier molecular flexibility index (Phi) is 4.13. The van der Waals surface area contributed by atoms with Gasteiger partial charge in [-0.3, -0.25) is 9.89 Å². The lowest BCUT2D eigenvalue weighted by molar-refractivity contribution is 0.0684. The smallest absolute Gasteiger partial charge is 0.293 e. The van der Waals surface area contributed by atoms with Crippen LogP contribution in [-0.4, -0.2) is 63.6 Å². The van der Waals surface area contributed by atoms with Gasteiger partial charge in [0.2, 0.25) is 5.82 Å². The summed E-state index contributed by atoms with van der Waals surface area (Å²) in [5, 5.41) is 6.99. The molecule has 1 aromatic rings. The van der Waals surface area contributed by atoms with Crippen LogP contribution in [0.15, 0.2) is 0 Å². The lowest BCUT2D eigenvalue weighted by atomic mass is 9.96. The molecule has 1 N–H and O–H groups in total. The van der Waals surface area contributed by atoms with Crippen LogP contribution in [0.25, 0.3) is 0 Å². The average Bonchev–Trinajstić information content (AvgIpc) is 2.76. The highest BCUT2D eigenvalue weighted by Crippen LogP contribution is 2.18. The maximum atomic E-state index is 12.6. The van der Waals surface area contributed by atoms with E-state index < -0.39 is 0 Å². The maximum Gasteiger partial charge on any atom is 0.293 e. The molecular weight excluding hydrogens is 254 g/mol. The number of H-pyrrole nitrogens is 1. The molecule has 112 valence electrons. The summed E-state index contributed by atoms with van der Waals surface area (Å²) in [5.74, 6) is 0.964. The van der Waals surface area contributed by atoms with Gasteiger partial charge < -0.3 is 9.80 Å². The number of aromatic nitrogens is 3. The number of hydrogen-bond donors (Lipinski definition) is 1. The molecule has 1 atom stereocenters. The van der Waals surface area contributed by atoms with Crippen molar-refractivity contribution < 1.29 is 4.79 Å². The Morgan fingerprint density at radius 2 is 2.05 bits per heavy atom. The van der Waals surface area contributed by atoms with Gasteiger partial charge >= 0.3 is 0 Å². The molecule has 1 aliphatic rings. The van der Waals surface area contributed by atoms with Gasteiger partial charge in [-0.25, -0.2) is 4.98 Å². The zero-order valence-corrected chi connectivity index (χ0v) is 13.1. The van der Waals surface area contributed by atoms with E-state index in [0.717, 1.165) is 31.9 Å². The molecule has 0 bridgehead atoms. The first kappa shape index (κ1) is 15.0. The summed E-state index contributed by atoms with van der Waals surface area (Å²) in [5.41, 5.74) is -0.129. The zero-order chi connectivity index (χ0) is 14.9. The van der Waals surface area contributed by atoms with Gasteiger partial charge in [0.15, 0.2) is 0 Å². The molecule has 0 spiro atoms. The maximum absolute atomic E-state index is 12.6. The third kappa shape index (κ3) is 3.17. The second-order valence-electron chi connectivity index (χ2n) is 6.72. The van der Waals surface area contributed by atoms with Gasteiger partial charge in [-0.05, 0) is 26.9 Å². The molecule has 1 unspecified atom stereocenters. The van der Waals surface area contributed by atoms with Crippen LogP contribution < -0.4 is 0 Å². The molecule has 1 amide bonds. The molecule has 0 aromatic carbocycles. The van der Waals surface area contributed by atoms with Crippen molar-refractivity contribution >= 4 is 5.91 Å². The quantitative estimate of drug-likeness (QED) is 0.841. The van der Waals surface area contributed by atoms with Gasteiger partial charge in [0.05, 0.1) is 0 Å². The van der Waals surface area contributed by atoms with Crippen LogP contribution >= 0.6 is 0 Å². The van der Waals surface area contributed by atoms with Crippen LogP contribution in [0.2, 0.25) is 0 Å². The Labute approximate surface area is 120 Å². The average molecular weight is 279 g/mol. The number of nitrogens with zero attached hydrogens (tertiary/aromatic N) is 4. The summed E-state index contributed by atoms with van der Waals surface area (Å²) >= 11 is 0. The fraction of sp³-hybridized carbons (Fsp3) is 0.786. The molecule has 20 heavy (non-hydrogen) atoms. The van der Waals surface area contributed by atoms with Crippen molar-refractivity contribution in [2.75, 3.05) is 26.7 Å². The number of hydrogen-bond acceptors (Lipinski definition) is 4. The molecular formula is C14H25N5O. The van der Waals surface area contributed by atoms with Crippen LogP contribution in [0.5, 0.6) is 0 Å². The topological polar surface area (TPSA) is 65.1 Å². The van der Waals surface area contributed by atoms with Gasteiger partial charge in [-0.15, -0.1) is 5.10 Å². The van der Waals surface area contributed by atoms with E-state index in [2.05, 4.69) is 34.1 Å². The molecule has 6 heteroatoms. The van der Waals surface area contributed by atoms with Crippen molar-refractivity contribution in [1.82, 2.24) is 25.0 Å². The number of rotatable bonds is 1. The van der Waals surface area contributed by atoms with Gasteiger partial charge in [-0.2, -0.15) is 0 Å². The summed E-state index contributed by atoms with van der Waals surface area (Å²) < 4.78 is 0. The second-order valence-corrected chi connectivity index (χ2v) is 6.72. The van der Waals surface area contributed by atoms with Crippen LogP contribution in [0.3, 0.4) is 0 Å². The highest BCUT2D eigenvalue weighted by Gasteiger charge is 2.28. The number of aromatic amines is 1. The first-order valence-corrected chi connectivity index (χ1v) is 7.21. The van der Waals surface area contributed by atoms with Crippen molar-refractivity contribution in [3.05, 3.63) is 11.6 Å². The summed E-state index contributed by atoms with van der Waals surface area (Å²) in [7, 11) is 2.09. The lowest BCUT2D eigenvalue weighted by Crippen LogP contribution is -2.42. The van der Waals surface area contributed by atoms with Crippen molar-refractivity contribution in [2.45, 2.75) is 45.6 Å². The van der Waals surface area contributed by atoms with E-state index in [1.54, 1.807) is 0 Å². The van der Waals surface area contributed by atoms with E-state index in [-0.39, 0.29) is 23.2 Å². The van der Waals surface area contributed by atoms with Gasteiger partial charge in [-0.1, -0.05) is 20.8 Å². The van der Waals surface area contributed by atoms with Crippen LogP contribution in [-0.2, 0) is 5.41 Å². The highest BCUT2D eigenvalue weighted by atomic mass is 16.2. The van der Waals surface area contributed by atoms with Crippen LogP contribution in [0, 0.1) is 0 Å². The van der Waals surface area contributed by atoms with E-state index in [1.807, 2.05) is 25.7 Å². The number of carbonyl (C=O) groups excluding carboxylic acids is 1. The van der Waals surface area contributed by atoms with E-state index >= 15 is 0 Å². The molecule has 1 saturated heterocycles. The molecule has 1 aromatic heterocycles. The predicted octanol–water partition coefficient (Wildman–Crippen LogP) is 1.27. The second kappa shape index (κ2) is 5.52. The molecule has 2 rings (SSSR count). The minimum Gasteiger partial charge on any atom is -0.332 e. The van der Waals surface area contributed by atoms with Crippen LogP contribution in [0.1, 0.15) is 50.6 Å². The van der Waals surface area contributed by atoms with Crippen molar-refractivity contribution in [1.29, 1.82) is 0 Å². The lowest BCUT2D eigenvalue weighted by Gasteiger charge is -2.26. The summed E-state index contributed by atoms with van der Waals surface area (Å²) in [6.45, 7) is 10.9. The SMILES string of the molecule is CC1CN(C)CCCN1C(=O)c1n[nH]c(C(C)(C)C)n1. The molecule has 0 aliphatic carbocycles. The molecule has 0 radical (unpaired) electrons. The van der Waals surface area contributed by atoms with Crippen LogP contribution in [0.4, 0.5) is 0 Å². The fourth-order valence-corrected chi connectivity index (χ4v) is 2.50. The van der Waals surface area contributed by atoms with E-state index in [0.29, 0.717) is 0 Å². The summed E-state index contributed by atoms with van der Waals surface area (Å²) in [6, 6.07) is 0.187. The minimum atomic E-state index is -0.129. The summed E-state index contributed by atoms with van der Waals surface area (Å²) in [6.07, 6.45) is 0.989. The third-order valence-corrected chi connectivity index (χ3v) is 3.69. The highest BCUT2D eigenvalue weighted by molar-refractivity contribution is 5.90. The number of nitrogens with one attached hydrogen (secondary N) is 1. The van der Waals surface area contributed by atoms with Gasteiger partial charge in [0.1, 0.15) is 5.82 Å². The molecule has 0 saturated carbocycles. The third-order valence-electron chi connectivity index (χ3n) is 3.69. The first-order valence-electron chi connectivity index (χ1n) is 7.21. The summed E-state index contributed by atoms with van der Waals surface area (Å²) in [4.78, 5) is 21.1. The number of likely N-dealkylation sites (N-methyl/N-ethyl adjacent to an activating group) is 1. The minimum absolute atomic E-state index is 0.0699. The molecule has 6 nitrogen and oxygen atoms in total. The monoisotopic (exact) mass is 279 g/mol. The Hall–Kier alpha value is -1.43.